The van der Waals surface area contributed by atoms with E-state index < -0.39 is 10.8 Å². The molecule has 238 valence electrons. The van der Waals surface area contributed by atoms with E-state index in [0.717, 1.165) is 40.6 Å². The van der Waals surface area contributed by atoms with Gasteiger partial charge in [0.2, 0.25) is 11.8 Å². The van der Waals surface area contributed by atoms with Crippen LogP contribution in [-0.2, 0) is 16.0 Å². The third-order valence-corrected chi connectivity index (χ3v) is 8.53. The molecule has 8 nitrogen and oxygen atoms in total. The molecule has 0 unspecified atom stereocenters. The summed E-state index contributed by atoms with van der Waals surface area (Å²) >= 11 is 0. The molecule has 8 heteroatoms. The summed E-state index contributed by atoms with van der Waals surface area (Å²) in [6.45, 7) is 19.9. The molecule has 2 amide bonds. The van der Waals surface area contributed by atoms with Crippen LogP contribution in [0, 0.1) is 22.7 Å². The third kappa shape index (κ3) is 6.75. The first-order chi connectivity index (χ1) is 21.0. The van der Waals surface area contributed by atoms with Crippen molar-refractivity contribution in [2.75, 3.05) is 0 Å². The molecule has 2 aromatic carbocycles. The molecule has 4 N–H and O–H groups in total. The van der Waals surface area contributed by atoms with Crippen molar-refractivity contribution < 1.29 is 9.59 Å². The van der Waals surface area contributed by atoms with Gasteiger partial charge in [0.25, 0.3) is 0 Å². The van der Waals surface area contributed by atoms with Gasteiger partial charge in [-0.25, -0.2) is 9.97 Å². The van der Waals surface area contributed by atoms with Crippen LogP contribution in [0.25, 0.3) is 33.6 Å². The Bertz CT molecular complexity index is 1590. The van der Waals surface area contributed by atoms with Gasteiger partial charge in [-0.3, -0.25) is 9.59 Å². The molecule has 45 heavy (non-hydrogen) atoms. The second kappa shape index (κ2) is 12.0. The Balaban J connectivity index is 1.35. The molecule has 4 aromatic rings. The van der Waals surface area contributed by atoms with E-state index in [1.54, 1.807) is 0 Å². The van der Waals surface area contributed by atoms with Gasteiger partial charge in [0.1, 0.15) is 11.6 Å². The highest BCUT2D eigenvalue weighted by Gasteiger charge is 2.30. The van der Waals surface area contributed by atoms with Crippen molar-refractivity contribution in [3.05, 3.63) is 71.6 Å². The molecule has 1 aliphatic rings. The zero-order valence-electron chi connectivity index (χ0n) is 28.3. The van der Waals surface area contributed by atoms with Gasteiger partial charge in [-0.2, -0.15) is 0 Å². The maximum atomic E-state index is 12.7. The minimum Gasteiger partial charge on any atom is -0.346 e. The lowest BCUT2D eigenvalue weighted by molar-refractivity contribution is -0.130. The topological polar surface area (TPSA) is 116 Å². The zero-order valence-corrected chi connectivity index (χ0v) is 28.3. The van der Waals surface area contributed by atoms with Gasteiger partial charge in [0.15, 0.2) is 0 Å². The number of fused-ring (bicyclic) bond motifs is 3. The molecule has 0 saturated carbocycles. The minimum absolute atomic E-state index is 0.00641. The van der Waals surface area contributed by atoms with Crippen LogP contribution in [0.5, 0.6) is 0 Å². The molecule has 2 atom stereocenters. The van der Waals surface area contributed by atoms with E-state index in [2.05, 4.69) is 84.7 Å². The Morgan fingerprint density at radius 3 is 1.38 bits per heavy atom. The number of aromatic nitrogens is 4. The number of amides is 2. The van der Waals surface area contributed by atoms with E-state index in [9.17, 15) is 9.59 Å². The number of H-pyrrole nitrogens is 2. The summed E-state index contributed by atoms with van der Waals surface area (Å²) in [5.41, 5.74) is 7.86. The molecule has 2 aromatic heterocycles. The monoisotopic (exact) mass is 608 g/mol. The summed E-state index contributed by atoms with van der Waals surface area (Å²) in [5.74, 6) is 1.91. The highest BCUT2D eigenvalue weighted by molar-refractivity contribution is 5.83. The molecular formula is C37H48N6O2. The van der Waals surface area contributed by atoms with Crippen molar-refractivity contribution in [2.45, 2.75) is 87.7 Å². The second-order valence-corrected chi connectivity index (χ2v) is 15.2. The lowest BCUT2D eigenvalue weighted by atomic mass is 9.93. The quantitative estimate of drug-likeness (QED) is 0.144. The number of imidazole rings is 2. The smallest absolute Gasteiger partial charge is 0.225 e. The van der Waals surface area contributed by atoms with Crippen LogP contribution in [0.2, 0.25) is 0 Å². The SMILES string of the molecule is CC(C)[C@H](NC(=O)C(C)(C)C)c1nc(-c2ccc3c(c2)Cc2cc(-c4c[nH]c([C@@H](NC(=O)C(C)(C)C)C(C)C)n4)ccc2-3)c[nH]1. The summed E-state index contributed by atoms with van der Waals surface area (Å²) < 4.78 is 0. The molecule has 0 bridgehead atoms. The first-order valence-electron chi connectivity index (χ1n) is 16.0. The Morgan fingerprint density at radius 1 is 0.667 bits per heavy atom. The molecule has 1 aliphatic carbocycles. The zero-order chi connectivity index (χ0) is 32.8. The Labute approximate surface area is 267 Å². The predicted molar refractivity (Wildman–Crippen MR) is 180 cm³/mol. The summed E-state index contributed by atoms with van der Waals surface area (Å²) in [6, 6.07) is 12.7. The van der Waals surface area contributed by atoms with Crippen LogP contribution >= 0.6 is 0 Å². The van der Waals surface area contributed by atoms with Crippen molar-refractivity contribution in [2.24, 2.45) is 22.7 Å². The summed E-state index contributed by atoms with van der Waals surface area (Å²) in [6.07, 6.45) is 4.69. The molecule has 2 heterocycles. The fourth-order valence-electron chi connectivity index (χ4n) is 5.63. The van der Waals surface area contributed by atoms with Gasteiger partial charge in [-0.15, -0.1) is 0 Å². The highest BCUT2D eigenvalue weighted by atomic mass is 16.2. The lowest BCUT2D eigenvalue weighted by Crippen LogP contribution is -2.39. The van der Waals surface area contributed by atoms with Gasteiger partial charge >= 0.3 is 0 Å². The first-order valence-corrected chi connectivity index (χ1v) is 16.0. The van der Waals surface area contributed by atoms with Gasteiger partial charge in [0.05, 0.1) is 23.5 Å². The van der Waals surface area contributed by atoms with E-state index in [0.29, 0.717) is 0 Å². The van der Waals surface area contributed by atoms with Crippen molar-refractivity contribution >= 4 is 11.8 Å². The van der Waals surface area contributed by atoms with Crippen LogP contribution in [-0.4, -0.2) is 31.8 Å². The molecule has 0 saturated heterocycles. The lowest BCUT2D eigenvalue weighted by Gasteiger charge is -2.25. The molecule has 0 fully saturated rings. The van der Waals surface area contributed by atoms with Crippen molar-refractivity contribution in [3.8, 4) is 33.6 Å². The average molecular weight is 609 g/mol. The summed E-state index contributed by atoms with van der Waals surface area (Å²) in [7, 11) is 0. The summed E-state index contributed by atoms with van der Waals surface area (Å²) in [5, 5.41) is 6.36. The number of hydrogen-bond donors (Lipinski definition) is 4. The van der Waals surface area contributed by atoms with Crippen LogP contribution < -0.4 is 10.6 Å². The number of carbonyl (C=O) groups excluding carboxylic acids is 2. The normalized spacial score (nSPS) is 14.3. The Kier molecular flexibility index (Phi) is 8.55. The number of benzene rings is 2. The molecule has 0 radical (unpaired) electrons. The van der Waals surface area contributed by atoms with Crippen LogP contribution in [0.15, 0.2) is 48.8 Å². The largest absolute Gasteiger partial charge is 0.346 e. The standard InChI is InChI=1S/C37H48N6O2/c1-20(2)30(42-34(44)36(5,6)7)32-38-18-28(40-32)22-11-13-26-24(15-22)17-25-16-23(12-14-27(25)26)29-19-39-33(41-29)31(21(3)4)43-35(45)37(8,9)10/h11-16,18-21,30-31H,17H2,1-10H3,(H,38,40)(H,39,41)(H,42,44)(H,43,45)/t30-,31-/m0/s1. The predicted octanol–water partition coefficient (Wildman–Crippen LogP) is 7.76. The van der Waals surface area contributed by atoms with Gasteiger partial charge in [-0.05, 0) is 52.6 Å². The van der Waals surface area contributed by atoms with E-state index in [1.807, 2.05) is 53.9 Å². The minimum atomic E-state index is -0.475. The van der Waals surface area contributed by atoms with Gasteiger partial charge < -0.3 is 20.6 Å². The van der Waals surface area contributed by atoms with Gasteiger partial charge in [-0.1, -0.05) is 93.5 Å². The maximum Gasteiger partial charge on any atom is 0.225 e. The summed E-state index contributed by atoms with van der Waals surface area (Å²) in [4.78, 5) is 42.0. The maximum absolute atomic E-state index is 12.7. The Hall–Kier alpha value is -4.20. The van der Waals surface area contributed by atoms with E-state index in [4.69, 9.17) is 9.97 Å². The van der Waals surface area contributed by atoms with Crippen LogP contribution in [0.3, 0.4) is 0 Å². The number of nitrogens with zero attached hydrogens (tertiary/aromatic N) is 2. The number of nitrogens with one attached hydrogen (secondary N) is 4. The number of carbonyl (C=O) groups is 2. The fourth-order valence-corrected chi connectivity index (χ4v) is 5.63. The molecule has 5 rings (SSSR count). The van der Waals surface area contributed by atoms with Crippen molar-refractivity contribution in [1.82, 2.24) is 30.6 Å². The van der Waals surface area contributed by atoms with E-state index in [-0.39, 0.29) is 35.7 Å². The number of rotatable bonds is 8. The third-order valence-electron chi connectivity index (χ3n) is 8.53. The number of aromatic amines is 2. The second-order valence-electron chi connectivity index (χ2n) is 15.2. The average Bonchev–Trinajstić information content (AvgIpc) is 3.70. The van der Waals surface area contributed by atoms with E-state index >= 15 is 0 Å². The van der Waals surface area contributed by atoms with Crippen molar-refractivity contribution in [3.63, 3.8) is 0 Å². The molecule has 0 spiro atoms. The highest BCUT2D eigenvalue weighted by Crippen LogP contribution is 2.40. The van der Waals surface area contributed by atoms with Crippen molar-refractivity contribution in [1.29, 1.82) is 0 Å². The fraction of sp³-hybridized carbons (Fsp3) is 0.459. The van der Waals surface area contributed by atoms with E-state index in [1.165, 1.54) is 22.3 Å². The van der Waals surface area contributed by atoms with Gasteiger partial charge in [0, 0.05) is 34.4 Å². The van der Waals surface area contributed by atoms with Crippen LogP contribution in [0.4, 0.5) is 0 Å². The molecular weight excluding hydrogens is 560 g/mol. The number of hydrogen-bond acceptors (Lipinski definition) is 4. The molecule has 0 aliphatic heterocycles. The first kappa shape index (κ1) is 32.2. The Morgan fingerprint density at radius 2 is 1.04 bits per heavy atom. The van der Waals surface area contributed by atoms with Crippen LogP contribution in [0.1, 0.15) is 104 Å².